The monoisotopic (exact) mass is 188 g/mol. The minimum Gasteiger partial charge on any atom is -0.379 e. The number of aliphatic hydroxyl groups excluding tert-OH is 1. The van der Waals surface area contributed by atoms with Crippen molar-refractivity contribution in [3.63, 3.8) is 0 Å². The molecule has 0 aromatic heterocycles. The largest absolute Gasteiger partial charge is 0.379 e. The summed E-state index contributed by atoms with van der Waals surface area (Å²) in [6, 6.07) is 5.43. The van der Waals surface area contributed by atoms with Crippen molar-refractivity contribution < 1.29 is 14.3 Å². The second-order valence-electron chi connectivity index (χ2n) is 2.23. The molecule has 0 saturated heterocycles. The second kappa shape index (κ2) is 3.65. The first-order valence-corrected chi connectivity index (χ1v) is 3.62. The summed E-state index contributed by atoms with van der Waals surface area (Å²) in [5.74, 6) is -0.640. The van der Waals surface area contributed by atoms with E-state index in [1.165, 1.54) is 18.2 Å². The van der Waals surface area contributed by atoms with Crippen LogP contribution in [0.3, 0.4) is 0 Å². The smallest absolute Gasteiger partial charge is 0.254 e. The van der Waals surface area contributed by atoms with E-state index in [-0.39, 0.29) is 5.56 Å². The van der Waals surface area contributed by atoms with Gasteiger partial charge in [-0.3, -0.25) is 4.79 Å². The molecule has 2 nitrogen and oxygen atoms in total. The van der Waals surface area contributed by atoms with E-state index in [9.17, 15) is 9.18 Å². The predicted octanol–water partition coefficient (Wildman–Crippen LogP) is 1.62. The molecule has 0 heterocycles. The first-order chi connectivity index (χ1) is 5.63. The zero-order chi connectivity index (χ0) is 9.14. The van der Waals surface area contributed by atoms with E-state index in [1.54, 1.807) is 0 Å². The van der Waals surface area contributed by atoms with Crippen LogP contribution in [0, 0.1) is 5.82 Å². The van der Waals surface area contributed by atoms with Gasteiger partial charge in [0.25, 0.3) is 5.24 Å². The molecule has 0 amide bonds. The van der Waals surface area contributed by atoms with E-state index in [2.05, 4.69) is 0 Å². The van der Waals surface area contributed by atoms with Crippen LogP contribution in [-0.4, -0.2) is 10.3 Å². The molecule has 0 aliphatic rings. The molecular weight excluding hydrogens is 183 g/mol. The summed E-state index contributed by atoms with van der Waals surface area (Å²) in [5, 5.41) is 8.07. The maximum atomic E-state index is 12.8. The number of hydrogen-bond acceptors (Lipinski definition) is 2. The lowest BCUT2D eigenvalue weighted by atomic mass is 10.1. The number of hydrogen-bond donors (Lipinski definition) is 1. The summed E-state index contributed by atoms with van der Waals surface area (Å²) in [4.78, 5) is 10.4. The van der Waals surface area contributed by atoms with Gasteiger partial charge in [-0.1, -0.05) is 18.2 Å². The molecule has 0 unspecified atom stereocenters. The number of halogens is 2. The lowest BCUT2D eigenvalue weighted by Crippen LogP contribution is -2.07. The highest BCUT2D eigenvalue weighted by Crippen LogP contribution is 2.18. The van der Waals surface area contributed by atoms with Gasteiger partial charge in [-0.2, -0.15) is 0 Å². The fourth-order valence-electron chi connectivity index (χ4n) is 0.819. The quantitative estimate of drug-likeness (QED) is 0.717. The van der Waals surface area contributed by atoms with Crippen molar-refractivity contribution >= 4 is 16.8 Å². The Balaban J connectivity index is 3.02. The van der Waals surface area contributed by atoms with E-state index < -0.39 is 17.2 Å². The molecule has 1 atom stereocenters. The third-order valence-electron chi connectivity index (χ3n) is 1.41. The molecule has 0 saturated carbocycles. The van der Waals surface area contributed by atoms with Crippen LogP contribution in [0.4, 0.5) is 4.39 Å². The van der Waals surface area contributed by atoms with Crippen molar-refractivity contribution in [1.82, 2.24) is 0 Å². The summed E-state index contributed by atoms with van der Waals surface area (Å²) < 4.78 is 12.8. The number of carbonyl (C=O) groups is 1. The average Bonchev–Trinajstić information content (AvgIpc) is 2.04. The standard InChI is InChI=1S/C8H6ClFO2/c9-8(12)7(11)5-3-1-2-4-6(5)10/h1-4,7,11H/t7-/m1/s1. The molecule has 0 fully saturated rings. The van der Waals surface area contributed by atoms with Crippen LogP contribution < -0.4 is 0 Å². The Bertz CT molecular complexity index is 301. The highest BCUT2D eigenvalue weighted by Gasteiger charge is 2.17. The van der Waals surface area contributed by atoms with E-state index in [0.717, 1.165) is 6.07 Å². The van der Waals surface area contributed by atoms with Crippen molar-refractivity contribution in [1.29, 1.82) is 0 Å². The van der Waals surface area contributed by atoms with Crippen LogP contribution in [0.5, 0.6) is 0 Å². The fourth-order valence-corrected chi connectivity index (χ4v) is 0.937. The Morgan fingerprint density at radius 2 is 2.08 bits per heavy atom. The molecule has 0 aliphatic heterocycles. The molecule has 1 N–H and O–H groups in total. The average molecular weight is 189 g/mol. The molecule has 0 radical (unpaired) electrons. The summed E-state index contributed by atoms with van der Waals surface area (Å²) in [5.41, 5.74) is -0.0995. The van der Waals surface area contributed by atoms with Crippen molar-refractivity contribution in [2.75, 3.05) is 0 Å². The van der Waals surface area contributed by atoms with Crippen molar-refractivity contribution in [2.45, 2.75) is 6.10 Å². The molecular formula is C8H6ClFO2. The van der Waals surface area contributed by atoms with Crippen LogP contribution in [0.1, 0.15) is 11.7 Å². The lowest BCUT2D eigenvalue weighted by Gasteiger charge is -2.05. The van der Waals surface area contributed by atoms with E-state index >= 15 is 0 Å². The van der Waals surface area contributed by atoms with Crippen LogP contribution in [0.2, 0.25) is 0 Å². The van der Waals surface area contributed by atoms with Crippen molar-refractivity contribution in [2.24, 2.45) is 0 Å². The van der Waals surface area contributed by atoms with Crippen LogP contribution in [0.25, 0.3) is 0 Å². The predicted molar refractivity (Wildman–Crippen MR) is 42.2 cm³/mol. The fraction of sp³-hybridized carbons (Fsp3) is 0.125. The number of benzene rings is 1. The molecule has 64 valence electrons. The SMILES string of the molecule is O=C(Cl)[C@H](O)c1ccccc1F. The molecule has 12 heavy (non-hydrogen) atoms. The normalized spacial score (nSPS) is 12.6. The van der Waals surface area contributed by atoms with Crippen LogP contribution >= 0.6 is 11.6 Å². The van der Waals surface area contributed by atoms with Gasteiger partial charge in [0, 0.05) is 5.56 Å². The highest BCUT2D eigenvalue weighted by atomic mass is 35.5. The highest BCUT2D eigenvalue weighted by molar-refractivity contribution is 6.64. The van der Waals surface area contributed by atoms with Gasteiger partial charge in [0.15, 0.2) is 6.10 Å². The molecule has 1 rings (SSSR count). The van der Waals surface area contributed by atoms with Gasteiger partial charge < -0.3 is 5.11 Å². The number of carbonyl (C=O) groups excluding carboxylic acids is 1. The summed E-state index contributed by atoms with van der Waals surface area (Å²) in [6.07, 6.45) is -1.58. The van der Waals surface area contributed by atoms with Gasteiger partial charge in [-0.25, -0.2) is 4.39 Å². The van der Waals surface area contributed by atoms with E-state index in [4.69, 9.17) is 16.7 Å². The second-order valence-corrected chi connectivity index (χ2v) is 2.60. The summed E-state index contributed by atoms with van der Waals surface area (Å²) in [6.45, 7) is 0. The van der Waals surface area contributed by atoms with E-state index in [0.29, 0.717) is 0 Å². The third-order valence-corrected chi connectivity index (χ3v) is 1.62. The van der Waals surface area contributed by atoms with Gasteiger partial charge in [-0.05, 0) is 17.7 Å². The van der Waals surface area contributed by atoms with Crippen molar-refractivity contribution in [3.05, 3.63) is 35.6 Å². The zero-order valence-electron chi connectivity index (χ0n) is 6.00. The first kappa shape index (κ1) is 9.16. The van der Waals surface area contributed by atoms with Gasteiger partial charge in [-0.15, -0.1) is 0 Å². The first-order valence-electron chi connectivity index (χ1n) is 3.24. The Morgan fingerprint density at radius 1 is 1.50 bits per heavy atom. The third kappa shape index (κ3) is 1.81. The van der Waals surface area contributed by atoms with Crippen LogP contribution in [-0.2, 0) is 4.79 Å². The number of rotatable bonds is 2. The molecule has 1 aromatic carbocycles. The maximum Gasteiger partial charge on any atom is 0.254 e. The molecule has 4 heteroatoms. The van der Waals surface area contributed by atoms with Gasteiger partial charge in [0.1, 0.15) is 5.82 Å². The van der Waals surface area contributed by atoms with Crippen molar-refractivity contribution in [3.8, 4) is 0 Å². The number of aliphatic hydroxyl groups is 1. The Kier molecular flexibility index (Phi) is 2.78. The molecule has 0 aliphatic carbocycles. The maximum absolute atomic E-state index is 12.8. The Morgan fingerprint density at radius 3 is 2.58 bits per heavy atom. The molecule has 0 spiro atoms. The van der Waals surface area contributed by atoms with Gasteiger partial charge in [0.05, 0.1) is 0 Å². The Labute approximate surface area is 73.6 Å². The zero-order valence-corrected chi connectivity index (χ0v) is 6.75. The lowest BCUT2D eigenvalue weighted by molar-refractivity contribution is -0.119. The summed E-state index contributed by atoms with van der Waals surface area (Å²) >= 11 is 4.98. The summed E-state index contributed by atoms with van der Waals surface area (Å²) in [7, 11) is 0. The minimum atomic E-state index is -1.58. The molecule has 1 aromatic rings. The van der Waals surface area contributed by atoms with E-state index in [1.807, 2.05) is 0 Å². The molecule has 0 bridgehead atoms. The van der Waals surface area contributed by atoms with Gasteiger partial charge in [0.2, 0.25) is 0 Å². The van der Waals surface area contributed by atoms with Crippen LogP contribution in [0.15, 0.2) is 24.3 Å². The topological polar surface area (TPSA) is 37.3 Å². The minimum absolute atomic E-state index is 0.0995. The van der Waals surface area contributed by atoms with Gasteiger partial charge >= 0.3 is 0 Å². The Hall–Kier alpha value is -0.930.